The zero-order chi connectivity index (χ0) is 14.8. The fraction of sp³-hybridized carbons (Fsp3) is 0.417. The molecule has 0 saturated heterocycles. The van der Waals surface area contributed by atoms with Crippen LogP contribution in [0.25, 0.3) is 0 Å². The number of benzene rings is 1. The average molecular weight is 288 g/mol. The molecule has 19 heavy (non-hydrogen) atoms. The summed E-state index contributed by atoms with van der Waals surface area (Å²) in [5.41, 5.74) is 4.41. The van der Waals surface area contributed by atoms with Gasteiger partial charge in [-0.25, -0.2) is 12.8 Å². The highest BCUT2D eigenvalue weighted by atomic mass is 32.2. The van der Waals surface area contributed by atoms with Gasteiger partial charge in [-0.2, -0.15) is 0 Å². The Labute approximate surface area is 111 Å². The van der Waals surface area contributed by atoms with Crippen LogP contribution in [-0.2, 0) is 14.6 Å². The van der Waals surface area contributed by atoms with Gasteiger partial charge in [0.15, 0.2) is 9.84 Å². The monoisotopic (exact) mass is 288 g/mol. The van der Waals surface area contributed by atoms with E-state index >= 15 is 0 Å². The van der Waals surface area contributed by atoms with Gasteiger partial charge in [-0.05, 0) is 32.0 Å². The summed E-state index contributed by atoms with van der Waals surface area (Å²) in [6.07, 6.45) is 1.01. The first-order chi connectivity index (χ1) is 8.58. The molecule has 1 amide bonds. The number of nitrogens with two attached hydrogens (primary N) is 1. The van der Waals surface area contributed by atoms with Gasteiger partial charge in [0.25, 0.3) is 0 Å². The Balaban J connectivity index is 3.12. The van der Waals surface area contributed by atoms with E-state index in [0.717, 1.165) is 24.5 Å². The number of carbonyl (C=O) groups excluding carboxylic acids is 1. The number of anilines is 1. The zero-order valence-electron chi connectivity index (χ0n) is 11.0. The van der Waals surface area contributed by atoms with Gasteiger partial charge in [0.2, 0.25) is 5.91 Å². The van der Waals surface area contributed by atoms with Crippen molar-refractivity contribution < 1.29 is 17.6 Å². The van der Waals surface area contributed by atoms with Crippen LogP contribution in [0.5, 0.6) is 0 Å². The third-order valence-corrected chi connectivity index (χ3v) is 3.85. The number of halogens is 1. The van der Waals surface area contributed by atoms with E-state index in [1.165, 1.54) is 0 Å². The Morgan fingerprint density at radius 2 is 2.00 bits per heavy atom. The summed E-state index contributed by atoms with van der Waals surface area (Å²) >= 11 is 0. The Morgan fingerprint density at radius 3 is 2.47 bits per heavy atom. The lowest BCUT2D eigenvalue weighted by molar-refractivity contribution is -0.123. The van der Waals surface area contributed by atoms with Crippen LogP contribution in [-0.4, -0.2) is 27.1 Å². The molecule has 0 aromatic heterocycles. The molecule has 0 aliphatic heterocycles. The molecule has 0 unspecified atom stereocenters. The van der Waals surface area contributed by atoms with Crippen molar-refractivity contribution in [2.24, 2.45) is 11.1 Å². The van der Waals surface area contributed by atoms with Gasteiger partial charge in [-0.1, -0.05) is 0 Å². The smallest absolute Gasteiger partial charge is 0.231 e. The molecule has 106 valence electrons. The number of hydrogen-bond donors (Lipinski definition) is 2. The van der Waals surface area contributed by atoms with Crippen molar-refractivity contribution in [3.63, 3.8) is 0 Å². The predicted molar refractivity (Wildman–Crippen MR) is 71.0 cm³/mol. The second kappa shape index (κ2) is 5.26. The average Bonchev–Trinajstić information content (AvgIpc) is 2.30. The van der Waals surface area contributed by atoms with Crippen molar-refractivity contribution in [3.8, 4) is 0 Å². The highest BCUT2D eigenvalue weighted by Gasteiger charge is 2.26. The molecule has 0 bridgehead atoms. The Bertz CT molecular complexity index is 597. The molecular formula is C12H17FN2O3S. The van der Waals surface area contributed by atoms with Crippen molar-refractivity contribution in [2.45, 2.75) is 18.7 Å². The van der Waals surface area contributed by atoms with Crippen molar-refractivity contribution in [2.75, 3.05) is 18.1 Å². The van der Waals surface area contributed by atoms with Crippen molar-refractivity contribution in [1.82, 2.24) is 0 Å². The molecule has 0 atom stereocenters. The lowest BCUT2D eigenvalue weighted by atomic mass is 9.92. The summed E-state index contributed by atoms with van der Waals surface area (Å²) in [6.45, 7) is 3.31. The quantitative estimate of drug-likeness (QED) is 0.813. The summed E-state index contributed by atoms with van der Waals surface area (Å²) in [4.78, 5) is 11.8. The third-order valence-electron chi connectivity index (χ3n) is 2.74. The molecular weight excluding hydrogens is 271 g/mol. The number of hydrogen-bond acceptors (Lipinski definition) is 4. The molecule has 0 heterocycles. The van der Waals surface area contributed by atoms with Crippen molar-refractivity contribution in [1.29, 1.82) is 0 Å². The first-order valence-corrected chi connectivity index (χ1v) is 7.48. The first kappa shape index (κ1) is 15.6. The van der Waals surface area contributed by atoms with E-state index in [1.807, 2.05) is 0 Å². The van der Waals surface area contributed by atoms with Gasteiger partial charge in [-0.15, -0.1) is 0 Å². The van der Waals surface area contributed by atoms with E-state index in [9.17, 15) is 17.6 Å². The molecule has 0 fully saturated rings. The Hall–Kier alpha value is -1.47. The number of rotatable bonds is 4. The highest BCUT2D eigenvalue weighted by molar-refractivity contribution is 7.90. The summed E-state index contributed by atoms with van der Waals surface area (Å²) in [7, 11) is -3.46. The minimum atomic E-state index is -3.46. The van der Waals surface area contributed by atoms with Gasteiger partial charge in [0, 0.05) is 12.8 Å². The second-order valence-corrected chi connectivity index (χ2v) is 6.97. The van der Waals surface area contributed by atoms with Crippen LogP contribution in [0.2, 0.25) is 0 Å². The van der Waals surface area contributed by atoms with Gasteiger partial charge in [-0.3, -0.25) is 4.79 Å². The lowest BCUT2D eigenvalue weighted by Crippen LogP contribution is -2.37. The Morgan fingerprint density at radius 1 is 1.42 bits per heavy atom. The van der Waals surface area contributed by atoms with Crippen molar-refractivity contribution in [3.05, 3.63) is 24.0 Å². The normalized spacial score (nSPS) is 12.3. The fourth-order valence-corrected chi connectivity index (χ4v) is 1.86. The summed E-state index contributed by atoms with van der Waals surface area (Å²) in [6, 6.07) is 3.24. The minimum absolute atomic E-state index is 0.0604. The van der Waals surface area contributed by atoms with Crippen molar-refractivity contribution >= 4 is 21.4 Å². The van der Waals surface area contributed by atoms with Crippen LogP contribution in [0.1, 0.15) is 13.8 Å². The van der Waals surface area contributed by atoms with Gasteiger partial charge < -0.3 is 11.1 Å². The van der Waals surface area contributed by atoms with E-state index in [-0.39, 0.29) is 17.1 Å². The molecule has 0 aliphatic carbocycles. The molecule has 0 radical (unpaired) electrons. The largest absolute Gasteiger partial charge is 0.329 e. The van der Waals surface area contributed by atoms with E-state index < -0.39 is 27.0 Å². The number of amides is 1. The molecule has 1 aromatic carbocycles. The first-order valence-electron chi connectivity index (χ1n) is 5.59. The summed E-state index contributed by atoms with van der Waals surface area (Å²) in [5.74, 6) is -1.17. The highest BCUT2D eigenvalue weighted by Crippen LogP contribution is 2.22. The SMILES string of the molecule is CC(C)(CN)C(=O)Nc1cc(S(C)(=O)=O)ccc1F. The molecule has 0 aliphatic rings. The summed E-state index contributed by atoms with van der Waals surface area (Å²) < 4.78 is 36.3. The van der Waals surface area contributed by atoms with E-state index in [4.69, 9.17) is 5.73 Å². The second-order valence-electron chi connectivity index (χ2n) is 4.96. The van der Waals surface area contributed by atoms with Crippen LogP contribution < -0.4 is 11.1 Å². The predicted octanol–water partition coefficient (Wildman–Crippen LogP) is 1.15. The maximum Gasteiger partial charge on any atom is 0.231 e. The number of sulfone groups is 1. The van der Waals surface area contributed by atoms with Crippen LogP contribution in [0.4, 0.5) is 10.1 Å². The van der Waals surface area contributed by atoms with Gasteiger partial charge in [0.1, 0.15) is 5.82 Å². The fourth-order valence-electron chi connectivity index (χ4n) is 1.22. The molecule has 0 saturated carbocycles. The van der Waals surface area contributed by atoms with E-state index in [0.29, 0.717) is 0 Å². The standard InChI is InChI=1S/C12H17FN2O3S/c1-12(2,7-14)11(16)15-10-6-8(19(3,17)18)4-5-9(10)13/h4-6H,7,14H2,1-3H3,(H,15,16). The summed E-state index contributed by atoms with van der Waals surface area (Å²) in [5, 5.41) is 2.36. The molecule has 3 N–H and O–H groups in total. The lowest BCUT2D eigenvalue weighted by Gasteiger charge is -2.21. The molecule has 7 heteroatoms. The van der Waals surface area contributed by atoms with Crippen LogP contribution in [0, 0.1) is 11.2 Å². The van der Waals surface area contributed by atoms with Crippen LogP contribution >= 0.6 is 0 Å². The Kier molecular flexibility index (Phi) is 4.32. The van der Waals surface area contributed by atoms with E-state index in [1.54, 1.807) is 13.8 Å². The topological polar surface area (TPSA) is 89.3 Å². The molecule has 1 rings (SSSR count). The van der Waals surface area contributed by atoms with E-state index in [2.05, 4.69) is 5.32 Å². The van der Waals surface area contributed by atoms with Gasteiger partial charge >= 0.3 is 0 Å². The third kappa shape index (κ3) is 3.74. The minimum Gasteiger partial charge on any atom is -0.329 e. The van der Waals surface area contributed by atoms with Crippen LogP contribution in [0.15, 0.2) is 23.1 Å². The molecule has 1 aromatic rings. The number of carbonyl (C=O) groups is 1. The van der Waals surface area contributed by atoms with Gasteiger partial charge in [0.05, 0.1) is 16.0 Å². The van der Waals surface area contributed by atoms with Crippen LogP contribution in [0.3, 0.4) is 0 Å². The molecule has 0 spiro atoms. The zero-order valence-corrected chi connectivity index (χ0v) is 11.8. The maximum atomic E-state index is 13.6. The molecule has 5 nitrogen and oxygen atoms in total. The number of nitrogens with one attached hydrogen (secondary N) is 1. The maximum absolute atomic E-state index is 13.6.